The molecule has 0 saturated heterocycles. The molecule has 0 aliphatic carbocycles. The lowest BCUT2D eigenvalue weighted by Gasteiger charge is -2.27. The maximum absolute atomic E-state index is 13.9. The number of nitrogens with two attached hydrogens (primary N) is 1. The Labute approximate surface area is 231 Å². The summed E-state index contributed by atoms with van der Waals surface area (Å²) in [6.07, 6.45) is 0. The van der Waals surface area contributed by atoms with E-state index in [-0.39, 0.29) is 35.1 Å². The van der Waals surface area contributed by atoms with Crippen molar-refractivity contribution in [1.29, 1.82) is 0 Å². The first-order chi connectivity index (χ1) is 19.2. The lowest BCUT2D eigenvalue weighted by atomic mass is 9.77. The monoisotopic (exact) mass is 539 g/mol. The van der Waals surface area contributed by atoms with Crippen LogP contribution in [0.3, 0.4) is 0 Å². The molecule has 1 nitrogen and oxygen atoms in total. The molecule has 0 fully saturated rings. The second kappa shape index (κ2) is 11.4. The van der Waals surface area contributed by atoms with Gasteiger partial charge in [-0.2, -0.15) is 0 Å². The fourth-order valence-electron chi connectivity index (χ4n) is 5.36. The van der Waals surface area contributed by atoms with Crippen molar-refractivity contribution in [2.75, 3.05) is 5.73 Å². The van der Waals surface area contributed by atoms with Crippen LogP contribution in [0.25, 0.3) is 0 Å². The summed E-state index contributed by atoms with van der Waals surface area (Å²) < 4.78 is 55.7. The Morgan fingerprint density at radius 1 is 0.425 bits per heavy atom. The molecule has 0 heterocycles. The van der Waals surface area contributed by atoms with Gasteiger partial charge in [-0.15, -0.1) is 0 Å². The first-order valence-electron chi connectivity index (χ1n) is 13.2. The van der Waals surface area contributed by atoms with Gasteiger partial charge in [0.05, 0.1) is 0 Å². The van der Waals surface area contributed by atoms with E-state index in [0.29, 0.717) is 5.69 Å². The van der Waals surface area contributed by atoms with E-state index in [1.54, 1.807) is 48.5 Å². The third kappa shape index (κ3) is 5.64. The van der Waals surface area contributed by atoms with Crippen molar-refractivity contribution >= 4 is 5.69 Å². The van der Waals surface area contributed by atoms with Crippen LogP contribution in [0.15, 0.2) is 109 Å². The van der Waals surface area contributed by atoms with Gasteiger partial charge in [0.15, 0.2) is 0 Å². The summed E-state index contributed by atoms with van der Waals surface area (Å²) in [4.78, 5) is 0. The number of benzene rings is 5. The third-order valence-corrected chi connectivity index (χ3v) is 7.35. The van der Waals surface area contributed by atoms with E-state index in [1.807, 2.05) is 12.1 Å². The fourth-order valence-corrected chi connectivity index (χ4v) is 5.36. The highest BCUT2D eigenvalue weighted by Gasteiger charge is 2.26. The number of rotatable bonds is 7. The van der Waals surface area contributed by atoms with Crippen LogP contribution >= 0.6 is 0 Å². The van der Waals surface area contributed by atoms with Crippen LogP contribution in [0, 0.1) is 23.3 Å². The van der Waals surface area contributed by atoms with E-state index < -0.39 is 5.92 Å². The molecule has 0 aliphatic heterocycles. The molecule has 0 spiro atoms. The minimum atomic E-state index is -0.416. The van der Waals surface area contributed by atoms with Gasteiger partial charge < -0.3 is 5.73 Å². The second-order valence-corrected chi connectivity index (χ2v) is 10.3. The van der Waals surface area contributed by atoms with Gasteiger partial charge in [-0.1, -0.05) is 74.5 Å². The van der Waals surface area contributed by atoms with Crippen molar-refractivity contribution in [3.05, 3.63) is 171 Å². The van der Waals surface area contributed by atoms with Crippen molar-refractivity contribution < 1.29 is 17.6 Å². The van der Waals surface area contributed by atoms with E-state index in [2.05, 4.69) is 13.8 Å². The van der Waals surface area contributed by atoms with E-state index >= 15 is 0 Å². The average molecular weight is 540 g/mol. The summed E-state index contributed by atoms with van der Waals surface area (Å²) in [6.45, 7) is 4.10. The van der Waals surface area contributed by atoms with Gasteiger partial charge in [-0.05, 0) is 93.4 Å². The molecule has 5 heteroatoms. The van der Waals surface area contributed by atoms with Crippen molar-refractivity contribution in [2.45, 2.75) is 31.6 Å². The van der Waals surface area contributed by atoms with Crippen LogP contribution < -0.4 is 5.73 Å². The number of anilines is 1. The Morgan fingerprint density at radius 3 is 1.05 bits per heavy atom. The number of nitrogen functional groups attached to an aromatic ring is 1. The molecular weight excluding hydrogens is 510 g/mol. The van der Waals surface area contributed by atoms with E-state index in [1.165, 1.54) is 48.5 Å². The quantitative estimate of drug-likeness (QED) is 0.124. The SMILES string of the molecule is CC(C)c1cc(C(c2ccc(F)cc2)c2ccc(F)cc2)cc(C(c2ccc(F)cc2)c2ccc(F)cc2)c1N. The Morgan fingerprint density at radius 2 is 0.725 bits per heavy atom. The summed E-state index contributed by atoms with van der Waals surface area (Å²) in [7, 11) is 0. The van der Waals surface area contributed by atoms with E-state index in [4.69, 9.17) is 5.73 Å². The summed E-state index contributed by atoms with van der Waals surface area (Å²) in [5.74, 6) is -2.13. The van der Waals surface area contributed by atoms with Gasteiger partial charge in [-0.25, -0.2) is 17.6 Å². The minimum absolute atomic E-state index is 0.0582. The predicted octanol–water partition coefficient (Wildman–Crippen LogP) is 9.31. The van der Waals surface area contributed by atoms with Crippen LogP contribution in [-0.2, 0) is 0 Å². The standard InChI is InChI=1S/C35H29F4N/c1-21(2)31-19-26(33(22-3-11-27(36)12-4-22)23-5-13-28(37)14-6-23)20-32(35(31)40)34(24-7-15-29(38)16-8-24)25-9-17-30(39)18-10-25/h3-21,33-34H,40H2,1-2H3. The van der Waals surface area contributed by atoms with Crippen LogP contribution in [-0.4, -0.2) is 0 Å². The van der Waals surface area contributed by atoms with Gasteiger partial charge in [-0.3, -0.25) is 0 Å². The van der Waals surface area contributed by atoms with Crippen LogP contribution in [0.2, 0.25) is 0 Å². The average Bonchev–Trinajstić information content (AvgIpc) is 2.94. The van der Waals surface area contributed by atoms with Gasteiger partial charge in [0.2, 0.25) is 0 Å². The molecule has 0 atom stereocenters. The lowest BCUT2D eigenvalue weighted by molar-refractivity contribution is 0.625. The van der Waals surface area contributed by atoms with Gasteiger partial charge in [0.25, 0.3) is 0 Å². The second-order valence-electron chi connectivity index (χ2n) is 10.3. The zero-order chi connectivity index (χ0) is 28.4. The van der Waals surface area contributed by atoms with E-state index in [0.717, 1.165) is 38.9 Å². The van der Waals surface area contributed by atoms with Gasteiger partial charge in [0.1, 0.15) is 23.3 Å². The molecule has 5 rings (SSSR count). The number of hydrogen-bond acceptors (Lipinski definition) is 1. The highest BCUT2D eigenvalue weighted by Crippen LogP contribution is 2.42. The molecule has 202 valence electrons. The largest absolute Gasteiger partial charge is 0.398 e. The zero-order valence-corrected chi connectivity index (χ0v) is 22.2. The first kappa shape index (κ1) is 27.2. The lowest BCUT2D eigenvalue weighted by Crippen LogP contribution is -2.13. The molecule has 0 saturated carbocycles. The smallest absolute Gasteiger partial charge is 0.123 e. The summed E-state index contributed by atoms with van der Waals surface area (Å²) in [5.41, 5.74) is 13.3. The van der Waals surface area contributed by atoms with Gasteiger partial charge in [0, 0.05) is 17.5 Å². The van der Waals surface area contributed by atoms with E-state index in [9.17, 15) is 17.6 Å². The Kier molecular flexibility index (Phi) is 7.74. The molecule has 0 aliphatic rings. The molecule has 40 heavy (non-hydrogen) atoms. The number of hydrogen-bond donors (Lipinski definition) is 1. The molecule has 5 aromatic rings. The molecule has 2 N–H and O–H groups in total. The Hall–Kier alpha value is -4.38. The van der Waals surface area contributed by atoms with Crippen LogP contribution in [0.4, 0.5) is 23.2 Å². The third-order valence-electron chi connectivity index (χ3n) is 7.35. The highest BCUT2D eigenvalue weighted by atomic mass is 19.1. The van der Waals surface area contributed by atoms with Crippen molar-refractivity contribution in [3.63, 3.8) is 0 Å². The Bertz CT molecular complexity index is 1500. The topological polar surface area (TPSA) is 26.0 Å². The van der Waals surface area contributed by atoms with Crippen molar-refractivity contribution in [2.24, 2.45) is 0 Å². The summed E-state index contributed by atoms with van der Waals surface area (Å²) in [6, 6.07) is 29.0. The molecule has 0 radical (unpaired) electrons. The molecular formula is C35H29F4N. The molecule has 0 unspecified atom stereocenters. The minimum Gasteiger partial charge on any atom is -0.398 e. The Balaban J connectivity index is 1.79. The zero-order valence-electron chi connectivity index (χ0n) is 22.2. The molecule has 0 aromatic heterocycles. The fraction of sp³-hybridized carbons (Fsp3) is 0.143. The molecule has 5 aromatic carbocycles. The van der Waals surface area contributed by atoms with Crippen molar-refractivity contribution in [1.82, 2.24) is 0 Å². The predicted molar refractivity (Wildman–Crippen MR) is 152 cm³/mol. The first-order valence-corrected chi connectivity index (χ1v) is 13.2. The van der Waals surface area contributed by atoms with Crippen molar-refractivity contribution in [3.8, 4) is 0 Å². The summed E-state index contributed by atoms with van der Waals surface area (Å²) in [5, 5.41) is 0. The normalized spacial score (nSPS) is 11.5. The van der Waals surface area contributed by atoms with Crippen LogP contribution in [0.1, 0.15) is 70.5 Å². The van der Waals surface area contributed by atoms with Gasteiger partial charge >= 0.3 is 0 Å². The molecule has 0 bridgehead atoms. The molecule has 0 amide bonds. The maximum atomic E-state index is 13.9. The maximum Gasteiger partial charge on any atom is 0.123 e. The number of halogens is 4. The highest BCUT2D eigenvalue weighted by molar-refractivity contribution is 5.64. The summed E-state index contributed by atoms with van der Waals surface area (Å²) >= 11 is 0. The van der Waals surface area contributed by atoms with Crippen LogP contribution in [0.5, 0.6) is 0 Å².